The van der Waals surface area contributed by atoms with Gasteiger partial charge in [-0.2, -0.15) is 0 Å². The Hall–Kier alpha value is -1.54. The van der Waals surface area contributed by atoms with E-state index in [4.69, 9.17) is 5.73 Å². The summed E-state index contributed by atoms with van der Waals surface area (Å²) in [5.74, 6) is 5.59. The maximum Gasteiger partial charge on any atom is 0.240 e. The third-order valence-electron chi connectivity index (χ3n) is 3.53. The van der Waals surface area contributed by atoms with Crippen molar-refractivity contribution < 1.29 is 9.59 Å². The third kappa shape index (κ3) is 3.02. The van der Waals surface area contributed by atoms with E-state index in [0.717, 1.165) is 19.6 Å². The maximum absolute atomic E-state index is 11.6. The topological polar surface area (TPSA) is 66.6 Å². The average molecular weight is 249 g/mol. The van der Waals surface area contributed by atoms with E-state index in [2.05, 4.69) is 16.7 Å². The summed E-state index contributed by atoms with van der Waals surface area (Å²) in [6.07, 6.45) is 3.43. The second-order valence-corrected chi connectivity index (χ2v) is 4.82. The number of rotatable bonds is 3. The van der Waals surface area contributed by atoms with E-state index in [0.29, 0.717) is 19.4 Å². The van der Waals surface area contributed by atoms with Crippen molar-refractivity contribution in [1.29, 1.82) is 0 Å². The van der Waals surface area contributed by atoms with Gasteiger partial charge in [-0.15, -0.1) is 0 Å². The van der Waals surface area contributed by atoms with Gasteiger partial charge in [-0.25, -0.2) is 0 Å². The Balaban J connectivity index is 1.82. The number of nitrogens with two attached hydrogens (primary N) is 1. The van der Waals surface area contributed by atoms with E-state index in [1.165, 1.54) is 17.7 Å². The fraction of sp³-hybridized carbons (Fsp3) is 0.692. The minimum atomic E-state index is -0.460. The predicted molar refractivity (Wildman–Crippen MR) is 67.4 cm³/mol. The van der Waals surface area contributed by atoms with Crippen molar-refractivity contribution in [2.75, 3.05) is 26.2 Å². The average Bonchev–Trinajstić information content (AvgIpc) is 2.94. The van der Waals surface area contributed by atoms with Crippen molar-refractivity contribution in [3.05, 3.63) is 0 Å². The van der Waals surface area contributed by atoms with E-state index < -0.39 is 11.9 Å². The molecule has 2 aliphatic rings. The molecule has 0 spiro atoms. The molecule has 5 heteroatoms. The first-order valence-electron chi connectivity index (χ1n) is 6.45. The van der Waals surface area contributed by atoms with Crippen LogP contribution in [-0.4, -0.2) is 53.8 Å². The SMILES string of the molecule is NC(=O)C1CCC(=O)N1CC#CCN1CCCC1. The third-order valence-corrected chi connectivity index (χ3v) is 3.53. The largest absolute Gasteiger partial charge is 0.368 e. The number of hydrogen-bond acceptors (Lipinski definition) is 3. The highest BCUT2D eigenvalue weighted by atomic mass is 16.2. The van der Waals surface area contributed by atoms with Gasteiger partial charge in [0, 0.05) is 6.42 Å². The Labute approximate surface area is 107 Å². The van der Waals surface area contributed by atoms with Gasteiger partial charge in [0.2, 0.25) is 11.8 Å². The zero-order chi connectivity index (χ0) is 13.0. The molecular weight excluding hydrogens is 230 g/mol. The van der Waals surface area contributed by atoms with Gasteiger partial charge < -0.3 is 10.6 Å². The van der Waals surface area contributed by atoms with Crippen LogP contribution in [0.2, 0.25) is 0 Å². The maximum atomic E-state index is 11.6. The second-order valence-electron chi connectivity index (χ2n) is 4.82. The summed E-state index contributed by atoms with van der Waals surface area (Å²) in [5, 5.41) is 0. The van der Waals surface area contributed by atoms with Crippen LogP contribution in [0.4, 0.5) is 0 Å². The molecule has 1 atom stereocenters. The highest BCUT2D eigenvalue weighted by molar-refractivity contribution is 5.90. The van der Waals surface area contributed by atoms with Crippen LogP contribution < -0.4 is 5.73 Å². The molecule has 0 bridgehead atoms. The van der Waals surface area contributed by atoms with Crippen molar-refractivity contribution in [2.24, 2.45) is 5.73 Å². The van der Waals surface area contributed by atoms with Crippen molar-refractivity contribution >= 4 is 11.8 Å². The van der Waals surface area contributed by atoms with E-state index in [-0.39, 0.29) is 5.91 Å². The van der Waals surface area contributed by atoms with Crippen LogP contribution in [0.3, 0.4) is 0 Å². The molecule has 2 aliphatic heterocycles. The van der Waals surface area contributed by atoms with Crippen LogP contribution >= 0.6 is 0 Å². The van der Waals surface area contributed by atoms with E-state index in [1.807, 2.05) is 0 Å². The lowest BCUT2D eigenvalue weighted by Gasteiger charge is -2.19. The van der Waals surface area contributed by atoms with Crippen LogP contribution in [0, 0.1) is 11.8 Å². The van der Waals surface area contributed by atoms with Gasteiger partial charge in [-0.3, -0.25) is 14.5 Å². The number of carbonyl (C=O) groups is 2. The van der Waals surface area contributed by atoms with Crippen LogP contribution in [0.15, 0.2) is 0 Å². The zero-order valence-corrected chi connectivity index (χ0v) is 10.5. The molecule has 0 aromatic heterocycles. The second kappa shape index (κ2) is 5.87. The van der Waals surface area contributed by atoms with Crippen LogP contribution in [0.1, 0.15) is 25.7 Å². The van der Waals surface area contributed by atoms with Crippen LogP contribution in [-0.2, 0) is 9.59 Å². The molecule has 18 heavy (non-hydrogen) atoms. The highest BCUT2D eigenvalue weighted by Gasteiger charge is 2.33. The summed E-state index contributed by atoms with van der Waals surface area (Å²) < 4.78 is 0. The molecule has 0 aromatic carbocycles. The zero-order valence-electron chi connectivity index (χ0n) is 10.5. The standard InChI is InChI=1S/C13H19N3O2/c14-13(18)11-5-6-12(17)16(11)10-4-3-9-15-7-1-2-8-15/h11H,1-2,5-10H2,(H2,14,18). The first-order chi connectivity index (χ1) is 8.68. The van der Waals surface area contributed by atoms with Gasteiger partial charge in [-0.05, 0) is 32.4 Å². The number of likely N-dealkylation sites (tertiary alicyclic amines) is 2. The quantitative estimate of drug-likeness (QED) is 0.690. The minimum absolute atomic E-state index is 0.0192. The van der Waals surface area contributed by atoms with Gasteiger partial charge in [0.05, 0.1) is 13.1 Å². The molecule has 2 saturated heterocycles. The van der Waals surface area contributed by atoms with Crippen molar-refractivity contribution in [3.63, 3.8) is 0 Å². The van der Waals surface area contributed by atoms with E-state index in [1.54, 1.807) is 0 Å². The minimum Gasteiger partial charge on any atom is -0.368 e. The monoisotopic (exact) mass is 249 g/mol. The summed E-state index contributed by atoms with van der Waals surface area (Å²) in [6.45, 7) is 3.30. The Morgan fingerprint density at radius 3 is 2.61 bits per heavy atom. The fourth-order valence-corrected chi connectivity index (χ4v) is 2.48. The molecular formula is C13H19N3O2. The lowest BCUT2D eigenvalue weighted by Crippen LogP contribution is -2.42. The Morgan fingerprint density at radius 2 is 1.94 bits per heavy atom. The summed E-state index contributed by atoms with van der Waals surface area (Å²) in [5.41, 5.74) is 5.26. The Morgan fingerprint density at radius 1 is 1.28 bits per heavy atom. The molecule has 1 unspecified atom stereocenters. The number of primary amides is 1. The number of nitrogens with zero attached hydrogens (tertiary/aromatic N) is 2. The van der Waals surface area contributed by atoms with Gasteiger partial charge >= 0.3 is 0 Å². The lowest BCUT2D eigenvalue weighted by molar-refractivity contribution is -0.133. The van der Waals surface area contributed by atoms with Crippen molar-refractivity contribution in [3.8, 4) is 11.8 Å². The van der Waals surface area contributed by atoms with E-state index in [9.17, 15) is 9.59 Å². The molecule has 0 radical (unpaired) electrons. The molecule has 0 aliphatic carbocycles. The smallest absolute Gasteiger partial charge is 0.240 e. The predicted octanol–water partition coefficient (Wildman–Crippen LogP) is -0.438. The van der Waals surface area contributed by atoms with Crippen molar-refractivity contribution in [2.45, 2.75) is 31.7 Å². The summed E-state index contributed by atoms with van der Waals surface area (Å²) >= 11 is 0. The van der Waals surface area contributed by atoms with Gasteiger partial charge in [0.25, 0.3) is 0 Å². The molecule has 0 aromatic rings. The molecule has 2 rings (SSSR count). The molecule has 98 valence electrons. The Bertz CT molecular complexity index is 391. The van der Waals surface area contributed by atoms with Gasteiger partial charge in [0.1, 0.15) is 6.04 Å². The van der Waals surface area contributed by atoms with Gasteiger partial charge in [-0.1, -0.05) is 11.8 Å². The number of amides is 2. The highest BCUT2D eigenvalue weighted by Crippen LogP contribution is 2.17. The fourth-order valence-electron chi connectivity index (χ4n) is 2.48. The molecule has 5 nitrogen and oxygen atoms in total. The van der Waals surface area contributed by atoms with Crippen molar-refractivity contribution in [1.82, 2.24) is 9.80 Å². The first-order valence-corrected chi connectivity index (χ1v) is 6.45. The number of hydrogen-bond donors (Lipinski definition) is 1. The summed E-state index contributed by atoms with van der Waals surface area (Å²) in [7, 11) is 0. The Kier molecular flexibility index (Phi) is 4.21. The van der Waals surface area contributed by atoms with E-state index >= 15 is 0 Å². The van der Waals surface area contributed by atoms with Gasteiger partial charge in [0.15, 0.2) is 0 Å². The molecule has 2 fully saturated rings. The normalized spacial score (nSPS) is 24.1. The molecule has 2 heterocycles. The first kappa shape index (κ1) is 12.9. The lowest BCUT2D eigenvalue weighted by atomic mass is 10.2. The van der Waals surface area contributed by atoms with Crippen LogP contribution in [0.25, 0.3) is 0 Å². The van der Waals surface area contributed by atoms with Crippen LogP contribution in [0.5, 0.6) is 0 Å². The number of carbonyl (C=O) groups excluding carboxylic acids is 2. The molecule has 2 N–H and O–H groups in total. The molecule has 2 amide bonds. The molecule has 0 saturated carbocycles. The summed E-state index contributed by atoms with van der Waals surface area (Å²) in [6, 6.07) is -0.460. The summed E-state index contributed by atoms with van der Waals surface area (Å²) in [4.78, 5) is 26.5.